The number of benzene rings is 1. The lowest BCUT2D eigenvalue weighted by Gasteiger charge is -2.34. The van der Waals surface area contributed by atoms with Crippen LogP contribution >= 0.6 is 0 Å². The van der Waals surface area contributed by atoms with Crippen molar-refractivity contribution in [1.29, 1.82) is 0 Å². The summed E-state index contributed by atoms with van der Waals surface area (Å²) < 4.78 is 0. The predicted octanol–water partition coefficient (Wildman–Crippen LogP) is 0.439. The fraction of sp³-hybridized carbons (Fsp3) is 0.471. The number of hydrogen-bond acceptors (Lipinski definition) is 3. The topological polar surface area (TPSA) is 60.9 Å². The maximum Gasteiger partial charge on any atom is 0.231 e. The smallest absolute Gasteiger partial charge is 0.231 e. The molecule has 0 unspecified atom stereocenters. The Morgan fingerprint density at radius 1 is 1.09 bits per heavy atom. The van der Waals surface area contributed by atoms with Crippen LogP contribution in [0.3, 0.4) is 0 Å². The highest BCUT2D eigenvalue weighted by molar-refractivity contribution is 6.01. The van der Waals surface area contributed by atoms with Crippen LogP contribution < -0.4 is 4.90 Å². The number of amides is 3. The Hall–Kier alpha value is -2.37. The molecule has 1 aromatic carbocycles. The SMILES string of the molecule is CC(=O)N1CCN(C(=O)Cc2ccc3c(c2)CC(=O)N3C)CC1. The average molecular weight is 315 g/mol. The second kappa shape index (κ2) is 6.02. The highest BCUT2D eigenvalue weighted by atomic mass is 16.2. The number of hydrogen-bond donors (Lipinski definition) is 0. The third-order valence-corrected chi connectivity index (χ3v) is 4.65. The number of carbonyl (C=O) groups is 3. The van der Waals surface area contributed by atoms with Gasteiger partial charge in [0.25, 0.3) is 0 Å². The van der Waals surface area contributed by atoms with E-state index >= 15 is 0 Å². The van der Waals surface area contributed by atoms with Gasteiger partial charge in [0.15, 0.2) is 0 Å². The van der Waals surface area contributed by atoms with E-state index in [1.54, 1.807) is 23.8 Å². The van der Waals surface area contributed by atoms with Gasteiger partial charge < -0.3 is 14.7 Å². The minimum atomic E-state index is 0.0597. The summed E-state index contributed by atoms with van der Waals surface area (Å²) in [4.78, 5) is 40.7. The largest absolute Gasteiger partial charge is 0.339 e. The second-order valence-electron chi connectivity index (χ2n) is 6.16. The molecule has 0 spiro atoms. The Labute approximate surface area is 135 Å². The van der Waals surface area contributed by atoms with E-state index in [4.69, 9.17) is 0 Å². The average Bonchev–Trinajstić information content (AvgIpc) is 2.81. The first-order chi connectivity index (χ1) is 11.0. The normalized spacial score (nSPS) is 17.5. The third-order valence-electron chi connectivity index (χ3n) is 4.65. The minimum Gasteiger partial charge on any atom is -0.339 e. The Morgan fingerprint density at radius 2 is 1.74 bits per heavy atom. The first-order valence-electron chi connectivity index (χ1n) is 7.87. The maximum absolute atomic E-state index is 12.4. The summed E-state index contributed by atoms with van der Waals surface area (Å²) in [6.45, 7) is 3.94. The van der Waals surface area contributed by atoms with Crippen LogP contribution in [0.4, 0.5) is 5.69 Å². The number of anilines is 1. The zero-order valence-electron chi connectivity index (χ0n) is 13.5. The van der Waals surface area contributed by atoms with Crippen LogP contribution in [0.2, 0.25) is 0 Å². The molecule has 6 nitrogen and oxygen atoms in total. The number of likely N-dealkylation sites (N-methyl/N-ethyl adjacent to an activating group) is 1. The molecule has 2 heterocycles. The van der Waals surface area contributed by atoms with E-state index in [1.807, 2.05) is 23.1 Å². The van der Waals surface area contributed by atoms with Gasteiger partial charge in [0.2, 0.25) is 17.7 Å². The third kappa shape index (κ3) is 3.06. The van der Waals surface area contributed by atoms with E-state index in [2.05, 4.69) is 0 Å². The summed E-state index contributed by atoms with van der Waals surface area (Å²) in [5.41, 5.74) is 2.86. The second-order valence-corrected chi connectivity index (χ2v) is 6.16. The first kappa shape index (κ1) is 15.5. The molecular formula is C17H21N3O3. The minimum absolute atomic E-state index is 0.0597. The van der Waals surface area contributed by atoms with Crippen LogP contribution in [0.1, 0.15) is 18.1 Å². The molecule has 2 aliphatic heterocycles. The molecule has 0 bridgehead atoms. The van der Waals surface area contributed by atoms with Gasteiger partial charge in [0.1, 0.15) is 0 Å². The molecule has 6 heteroatoms. The quantitative estimate of drug-likeness (QED) is 0.795. The first-order valence-corrected chi connectivity index (χ1v) is 7.87. The van der Waals surface area contributed by atoms with Gasteiger partial charge in [-0.1, -0.05) is 12.1 Å². The molecule has 0 aliphatic carbocycles. The van der Waals surface area contributed by atoms with Crippen LogP contribution in [0, 0.1) is 0 Å². The number of piperazine rings is 1. The van der Waals surface area contributed by atoms with E-state index < -0.39 is 0 Å². The molecular weight excluding hydrogens is 294 g/mol. The highest BCUT2D eigenvalue weighted by Gasteiger charge is 2.25. The number of carbonyl (C=O) groups excluding carboxylic acids is 3. The monoisotopic (exact) mass is 315 g/mol. The zero-order valence-corrected chi connectivity index (χ0v) is 13.5. The molecule has 0 atom stereocenters. The Bertz CT molecular complexity index is 663. The van der Waals surface area contributed by atoms with Crippen molar-refractivity contribution < 1.29 is 14.4 Å². The van der Waals surface area contributed by atoms with E-state index in [-0.39, 0.29) is 17.7 Å². The number of nitrogens with zero attached hydrogens (tertiary/aromatic N) is 3. The molecule has 122 valence electrons. The Morgan fingerprint density at radius 3 is 2.39 bits per heavy atom. The summed E-state index contributed by atoms with van der Waals surface area (Å²) in [6.07, 6.45) is 0.746. The van der Waals surface area contributed by atoms with Crippen molar-refractivity contribution in [2.75, 3.05) is 38.1 Å². The molecule has 3 amide bonds. The molecule has 1 aromatic rings. The van der Waals surface area contributed by atoms with Crippen LogP contribution in [0.5, 0.6) is 0 Å². The van der Waals surface area contributed by atoms with Crippen LogP contribution in [0.25, 0.3) is 0 Å². The molecule has 23 heavy (non-hydrogen) atoms. The fourth-order valence-corrected chi connectivity index (χ4v) is 3.19. The van der Waals surface area contributed by atoms with Gasteiger partial charge in [-0.05, 0) is 17.2 Å². The fourth-order valence-electron chi connectivity index (χ4n) is 3.19. The van der Waals surface area contributed by atoms with Crippen molar-refractivity contribution in [1.82, 2.24) is 9.80 Å². The van der Waals surface area contributed by atoms with Crippen molar-refractivity contribution in [2.45, 2.75) is 19.8 Å². The Kier molecular flexibility index (Phi) is 4.07. The molecule has 1 saturated heterocycles. The van der Waals surface area contributed by atoms with E-state index in [0.717, 1.165) is 16.8 Å². The van der Waals surface area contributed by atoms with Crippen molar-refractivity contribution in [2.24, 2.45) is 0 Å². The van der Waals surface area contributed by atoms with Crippen molar-refractivity contribution in [3.8, 4) is 0 Å². The van der Waals surface area contributed by atoms with Crippen molar-refractivity contribution >= 4 is 23.4 Å². The molecule has 0 radical (unpaired) electrons. The molecule has 0 N–H and O–H groups in total. The highest BCUT2D eigenvalue weighted by Crippen LogP contribution is 2.28. The van der Waals surface area contributed by atoms with Gasteiger partial charge in [-0.25, -0.2) is 0 Å². The summed E-state index contributed by atoms with van der Waals surface area (Å²) in [5, 5.41) is 0. The maximum atomic E-state index is 12.4. The van der Waals surface area contributed by atoms with Crippen LogP contribution in [-0.2, 0) is 27.2 Å². The van der Waals surface area contributed by atoms with Gasteiger partial charge in [-0.2, -0.15) is 0 Å². The van der Waals surface area contributed by atoms with Crippen molar-refractivity contribution in [3.05, 3.63) is 29.3 Å². The van der Waals surface area contributed by atoms with Gasteiger partial charge in [-0.3, -0.25) is 14.4 Å². The summed E-state index contributed by atoms with van der Waals surface area (Å²) >= 11 is 0. The van der Waals surface area contributed by atoms with Crippen LogP contribution in [-0.4, -0.2) is 60.7 Å². The summed E-state index contributed by atoms with van der Waals surface area (Å²) in [7, 11) is 1.77. The van der Waals surface area contributed by atoms with Crippen molar-refractivity contribution in [3.63, 3.8) is 0 Å². The molecule has 1 fully saturated rings. The van der Waals surface area contributed by atoms with E-state index in [0.29, 0.717) is 39.0 Å². The molecule has 0 aromatic heterocycles. The molecule has 0 saturated carbocycles. The van der Waals surface area contributed by atoms with Gasteiger partial charge in [-0.15, -0.1) is 0 Å². The van der Waals surface area contributed by atoms with Gasteiger partial charge in [0.05, 0.1) is 12.8 Å². The summed E-state index contributed by atoms with van der Waals surface area (Å²) in [5.74, 6) is 0.221. The van der Waals surface area contributed by atoms with Crippen LogP contribution in [0.15, 0.2) is 18.2 Å². The standard InChI is InChI=1S/C17H21N3O3/c1-12(21)19-5-7-20(8-6-19)17(23)10-13-3-4-15-14(9-13)11-16(22)18(15)2/h3-4,9H,5-8,10-11H2,1-2H3. The lowest BCUT2D eigenvalue weighted by molar-refractivity contribution is -0.138. The predicted molar refractivity (Wildman–Crippen MR) is 86.1 cm³/mol. The Balaban J connectivity index is 1.62. The lowest BCUT2D eigenvalue weighted by Crippen LogP contribution is -2.50. The lowest BCUT2D eigenvalue weighted by atomic mass is 10.1. The number of fused-ring (bicyclic) bond motifs is 1. The van der Waals surface area contributed by atoms with Gasteiger partial charge >= 0.3 is 0 Å². The molecule has 3 rings (SSSR count). The summed E-state index contributed by atoms with van der Waals surface area (Å²) in [6, 6.07) is 5.79. The van der Waals surface area contributed by atoms with E-state index in [9.17, 15) is 14.4 Å². The zero-order chi connectivity index (χ0) is 16.6. The van der Waals surface area contributed by atoms with Gasteiger partial charge in [0, 0.05) is 45.8 Å². The number of rotatable bonds is 2. The molecule has 2 aliphatic rings. The van der Waals surface area contributed by atoms with E-state index in [1.165, 1.54) is 0 Å².